The van der Waals surface area contributed by atoms with Gasteiger partial charge in [0.2, 0.25) is 5.95 Å². The predicted octanol–water partition coefficient (Wildman–Crippen LogP) is -0.168. The minimum absolute atomic E-state index is 0. The van der Waals surface area contributed by atoms with Gasteiger partial charge in [-0.15, -0.1) is 29.8 Å². The van der Waals surface area contributed by atoms with Crippen molar-refractivity contribution in [3.63, 3.8) is 0 Å². The first-order valence-corrected chi connectivity index (χ1v) is 3.11. The minimum atomic E-state index is -0.301. The molecule has 0 aliphatic rings. The second-order valence-electron chi connectivity index (χ2n) is 2.09. The van der Waals surface area contributed by atoms with Gasteiger partial charge >= 0.3 is 0 Å². The number of nitrogens with one attached hydrogen (secondary N) is 1. The van der Waals surface area contributed by atoms with Gasteiger partial charge in [0.1, 0.15) is 5.82 Å². The molecule has 1 rings (SSSR count). The highest BCUT2D eigenvalue weighted by Gasteiger charge is 2.07. The van der Waals surface area contributed by atoms with E-state index >= 15 is 0 Å². The molecule has 66 valence electrons. The van der Waals surface area contributed by atoms with E-state index in [0.717, 1.165) is 0 Å². The largest absolute Gasteiger partial charge is 0.367 e. The summed E-state index contributed by atoms with van der Waals surface area (Å²) in [7, 11) is 0. The van der Waals surface area contributed by atoms with Crippen molar-refractivity contribution in [2.75, 3.05) is 5.73 Å². The summed E-state index contributed by atoms with van der Waals surface area (Å²) in [5.41, 5.74) is 10.8. The van der Waals surface area contributed by atoms with Crippen molar-refractivity contribution >= 4 is 18.4 Å². The Kier molecular flexibility index (Phi) is 4.11. The van der Waals surface area contributed by atoms with Crippen LogP contribution in [0.1, 0.15) is 18.3 Å². The standard InChI is InChI=1S/C6H9N5.ClH/c1-2-3-4(7)5-9-6(8)11-10-5;/h1,4H,3,7H2,(H3,8,9,10,11);1H. The number of H-pyrrole nitrogens is 1. The number of nitrogen functional groups attached to an aromatic ring is 1. The monoisotopic (exact) mass is 187 g/mol. The van der Waals surface area contributed by atoms with E-state index < -0.39 is 0 Å². The molecular formula is C6H10ClN5. The van der Waals surface area contributed by atoms with Gasteiger partial charge in [-0.25, -0.2) is 0 Å². The van der Waals surface area contributed by atoms with Crippen LogP contribution < -0.4 is 11.5 Å². The van der Waals surface area contributed by atoms with E-state index in [1.54, 1.807) is 0 Å². The fourth-order valence-electron chi connectivity index (χ4n) is 0.677. The van der Waals surface area contributed by atoms with Crippen molar-refractivity contribution < 1.29 is 0 Å². The quantitative estimate of drug-likeness (QED) is 0.561. The number of nitrogens with zero attached hydrogens (tertiary/aromatic N) is 2. The first kappa shape index (κ1) is 10.8. The van der Waals surface area contributed by atoms with Crippen molar-refractivity contribution in [3.8, 4) is 12.3 Å². The summed E-state index contributed by atoms with van der Waals surface area (Å²) in [5, 5.41) is 6.20. The molecule has 0 spiro atoms. The zero-order valence-corrected chi connectivity index (χ0v) is 7.14. The summed E-state index contributed by atoms with van der Waals surface area (Å²) in [6.45, 7) is 0. The van der Waals surface area contributed by atoms with Crippen LogP contribution in [0.15, 0.2) is 0 Å². The van der Waals surface area contributed by atoms with Crippen LogP contribution in [0.4, 0.5) is 5.95 Å². The summed E-state index contributed by atoms with van der Waals surface area (Å²) in [6.07, 6.45) is 5.48. The molecule has 0 aromatic carbocycles. The SMILES string of the molecule is C#CCC(N)c1nc(N)n[nH]1.Cl. The van der Waals surface area contributed by atoms with Crippen LogP contribution in [-0.2, 0) is 0 Å². The van der Waals surface area contributed by atoms with Gasteiger partial charge in [-0.1, -0.05) is 0 Å². The van der Waals surface area contributed by atoms with E-state index in [4.69, 9.17) is 17.9 Å². The lowest BCUT2D eigenvalue weighted by atomic mass is 10.2. The topological polar surface area (TPSA) is 93.6 Å². The van der Waals surface area contributed by atoms with Crippen LogP contribution in [-0.4, -0.2) is 15.2 Å². The molecule has 1 heterocycles. The van der Waals surface area contributed by atoms with Gasteiger partial charge in [0.15, 0.2) is 0 Å². The number of terminal acetylenes is 1. The van der Waals surface area contributed by atoms with Gasteiger partial charge in [0.05, 0.1) is 6.04 Å². The molecule has 0 radical (unpaired) electrons. The molecule has 0 bridgehead atoms. The van der Waals surface area contributed by atoms with E-state index in [9.17, 15) is 0 Å². The summed E-state index contributed by atoms with van der Waals surface area (Å²) in [6, 6.07) is -0.301. The van der Waals surface area contributed by atoms with Crippen molar-refractivity contribution in [2.45, 2.75) is 12.5 Å². The highest BCUT2D eigenvalue weighted by Crippen LogP contribution is 2.07. The van der Waals surface area contributed by atoms with Crippen molar-refractivity contribution in [3.05, 3.63) is 5.82 Å². The molecule has 0 aliphatic heterocycles. The number of halogens is 1. The number of hydrogen-bond donors (Lipinski definition) is 3. The normalized spacial score (nSPS) is 11.3. The lowest BCUT2D eigenvalue weighted by molar-refractivity contribution is 0.696. The number of nitrogens with two attached hydrogens (primary N) is 2. The van der Waals surface area contributed by atoms with E-state index in [0.29, 0.717) is 12.2 Å². The van der Waals surface area contributed by atoms with E-state index in [-0.39, 0.29) is 24.4 Å². The number of rotatable bonds is 2. The Balaban J connectivity index is 0.00000121. The lowest BCUT2D eigenvalue weighted by Crippen LogP contribution is -2.11. The van der Waals surface area contributed by atoms with Gasteiger partial charge in [0, 0.05) is 6.42 Å². The van der Waals surface area contributed by atoms with Gasteiger partial charge in [-0.3, -0.25) is 5.10 Å². The smallest absolute Gasteiger partial charge is 0.239 e. The molecule has 5 nitrogen and oxygen atoms in total. The number of aromatic amines is 1. The first-order chi connectivity index (χ1) is 5.24. The minimum Gasteiger partial charge on any atom is -0.367 e. The van der Waals surface area contributed by atoms with Gasteiger partial charge < -0.3 is 11.5 Å². The van der Waals surface area contributed by atoms with Gasteiger partial charge in [-0.05, 0) is 0 Å². The molecule has 6 heteroatoms. The third-order valence-corrected chi connectivity index (χ3v) is 1.21. The second-order valence-corrected chi connectivity index (χ2v) is 2.09. The molecule has 0 saturated carbocycles. The molecule has 1 unspecified atom stereocenters. The fourth-order valence-corrected chi connectivity index (χ4v) is 0.677. The van der Waals surface area contributed by atoms with E-state index in [1.807, 2.05) is 0 Å². The molecule has 0 aliphatic carbocycles. The zero-order valence-electron chi connectivity index (χ0n) is 6.32. The Hall–Kier alpha value is -1.25. The number of anilines is 1. The Morgan fingerprint density at radius 2 is 2.33 bits per heavy atom. The maximum atomic E-state index is 5.59. The summed E-state index contributed by atoms with van der Waals surface area (Å²) in [5.74, 6) is 3.14. The molecule has 1 aromatic rings. The average molecular weight is 188 g/mol. The van der Waals surface area contributed by atoms with Gasteiger partial charge in [0.25, 0.3) is 0 Å². The Morgan fingerprint density at radius 3 is 2.75 bits per heavy atom. The molecule has 5 N–H and O–H groups in total. The molecule has 12 heavy (non-hydrogen) atoms. The maximum absolute atomic E-state index is 5.59. The highest BCUT2D eigenvalue weighted by molar-refractivity contribution is 5.85. The third-order valence-electron chi connectivity index (χ3n) is 1.21. The molecule has 0 fully saturated rings. The van der Waals surface area contributed by atoms with Gasteiger partial charge in [-0.2, -0.15) is 4.98 Å². The molecule has 0 amide bonds. The van der Waals surface area contributed by atoms with Crippen molar-refractivity contribution in [1.82, 2.24) is 15.2 Å². The second kappa shape index (κ2) is 4.59. The Bertz CT molecular complexity index is 276. The molecule has 0 saturated heterocycles. The van der Waals surface area contributed by atoms with Crippen LogP contribution in [0, 0.1) is 12.3 Å². The van der Waals surface area contributed by atoms with Crippen LogP contribution in [0.2, 0.25) is 0 Å². The Morgan fingerprint density at radius 1 is 1.67 bits per heavy atom. The van der Waals surface area contributed by atoms with E-state index in [2.05, 4.69) is 21.1 Å². The Labute approximate surface area is 76.3 Å². The molecule has 1 aromatic heterocycles. The molecule has 1 atom stereocenters. The molecular weight excluding hydrogens is 178 g/mol. The summed E-state index contributed by atoms with van der Waals surface area (Å²) < 4.78 is 0. The average Bonchev–Trinajstić information content (AvgIpc) is 2.36. The fraction of sp³-hybridized carbons (Fsp3) is 0.333. The lowest BCUT2D eigenvalue weighted by Gasteiger charge is -2.00. The number of aromatic nitrogens is 3. The van der Waals surface area contributed by atoms with Crippen LogP contribution in [0.25, 0.3) is 0 Å². The zero-order chi connectivity index (χ0) is 8.27. The van der Waals surface area contributed by atoms with Crippen molar-refractivity contribution in [1.29, 1.82) is 0 Å². The highest BCUT2D eigenvalue weighted by atomic mass is 35.5. The summed E-state index contributed by atoms with van der Waals surface area (Å²) >= 11 is 0. The summed E-state index contributed by atoms with van der Waals surface area (Å²) in [4.78, 5) is 3.82. The van der Waals surface area contributed by atoms with E-state index in [1.165, 1.54) is 0 Å². The van der Waals surface area contributed by atoms with Crippen LogP contribution in [0.3, 0.4) is 0 Å². The van der Waals surface area contributed by atoms with Crippen LogP contribution >= 0.6 is 12.4 Å². The first-order valence-electron chi connectivity index (χ1n) is 3.11. The maximum Gasteiger partial charge on any atom is 0.239 e. The predicted molar refractivity (Wildman–Crippen MR) is 48.4 cm³/mol. The third kappa shape index (κ3) is 2.42. The van der Waals surface area contributed by atoms with Crippen molar-refractivity contribution in [2.24, 2.45) is 5.73 Å². The van der Waals surface area contributed by atoms with Crippen LogP contribution in [0.5, 0.6) is 0 Å². The number of hydrogen-bond acceptors (Lipinski definition) is 4.